The lowest BCUT2D eigenvalue weighted by Crippen LogP contribution is -2.24. The van der Waals surface area contributed by atoms with E-state index in [1.165, 1.54) is 5.56 Å². The number of nitrogens with zero attached hydrogens (tertiary/aromatic N) is 3. The summed E-state index contributed by atoms with van der Waals surface area (Å²) >= 11 is 0. The van der Waals surface area contributed by atoms with Crippen molar-refractivity contribution in [1.29, 1.82) is 0 Å². The van der Waals surface area contributed by atoms with Crippen LogP contribution in [-0.4, -0.2) is 21.1 Å². The number of hydrogen-bond donors (Lipinski definition) is 2. The minimum atomic E-state index is -0.261. The summed E-state index contributed by atoms with van der Waals surface area (Å²) in [7, 11) is 0. The molecule has 0 fully saturated rings. The van der Waals surface area contributed by atoms with Crippen molar-refractivity contribution in [2.24, 2.45) is 0 Å². The van der Waals surface area contributed by atoms with Crippen molar-refractivity contribution in [2.75, 3.05) is 5.32 Å². The van der Waals surface area contributed by atoms with Gasteiger partial charge in [-0.15, -0.1) is 10.2 Å². The van der Waals surface area contributed by atoms with Crippen molar-refractivity contribution < 1.29 is 4.79 Å². The Labute approximate surface area is 152 Å². The van der Waals surface area contributed by atoms with Gasteiger partial charge in [0.15, 0.2) is 11.5 Å². The number of rotatable bonds is 5. The molecule has 0 aliphatic rings. The fourth-order valence-electron chi connectivity index (χ4n) is 2.80. The molecule has 26 heavy (non-hydrogen) atoms. The first kappa shape index (κ1) is 17.5. The zero-order valence-electron chi connectivity index (χ0n) is 15.1. The van der Waals surface area contributed by atoms with E-state index in [1.807, 2.05) is 12.1 Å². The summed E-state index contributed by atoms with van der Waals surface area (Å²) < 4.78 is 0. The quantitative estimate of drug-likeness (QED) is 0.739. The van der Waals surface area contributed by atoms with Crippen molar-refractivity contribution in [3.8, 4) is 0 Å². The fraction of sp³-hybridized carbons (Fsp3) is 0.200. The van der Waals surface area contributed by atoms with Gasteiger partial charge in [-0.3, -0.25) is 9.78 Å². The molecular formula is C20H21N5O. The molecule has 2 heterocycles. The van der Waals surface area contributed by atoms with E-state index < -0.39 is 0 Å². The molecule has 0 aliphatic carbocycles. The number of amides is 1. The zero-order valence-corrected chi connectivity index (χ0v) is 15.1. The van der Waals surface area contributed by atoms with Gasteiger partial charge < -0.3 is 10.6 Å². The molecule has 0 aliphatic heterocycles. The lowest BCUT2D eigenvalue weighted by atomic mass is 10.1. The predicted molar refractivity (Wildman–Crippen MR) is 101 cm³/mol. The first-order valence-electron chi connectivity index (χ1n) is 8.38. The summed E-state index contributed by atoms with van der Waals surface area (Å²) in [6, 6.07) is 11.4. The molecule has 6 heteroatoms. The van der Waals surface area contributed by atoms with Crippen LogP contribution in [0.1, 0.15) is 32.7 Å². The second kappa shape index (κ2) is 7.74. The Bertz CT molecular complexity index is 884. The summed E-state index contributed by atoms with van der Waals surface area (Å²) in [5.41, 5.74) is 5.77. The van der Waals surface area contributed by atoms with Gasteiger partial charge in [0.25, 0.3) is 5.91 Å². The lowest BCUT2D eigenvalue weighted by molar-refractivity contribution is 0.0945. The molecule has 3 aromatic rings. The molecule has 1 aromatic carbocycles. The van der Waals surface area contributed by atoms with Gasteiger partial charge in [-0.05, 0) is 61.7 Å². The van der Waals surface area contributed by atoms with Crippen LogP contribution < -0.4 is 10.6 Å². The second-order valence-electron chi connectivity index (χ2n) is 6.24. The Morgan fingerprint density at radius 1 is 0.962 bits per heavy atom. The smallest absolute Gasteiger partial charge is 0.272 e. The van der Waals surface area contributed by atoms with Crippen LogP contribution in [0.15, 0.2) is 48.8 Å². The molecular weight excluding hydrogens is 326 g/mol. The van der Waals surface area contributed by atoms with E-state index in [-0.39, 0.29) is 11.6 Å². The Hall–Kier alpha value is -3.28. The van der Waals surface area contributed by atoms with Gasteiger partial charge in [-0.2, -0.15) is 0 Å². The molecule has 1 amide bonds. The van der Waals surface area contributed by atoms with Gasteiger partial charge in [0.05, 0.1) is 0 Å². The standard InChI is InChI=1S/C20H21N5O/c1-13-10-14(2)19(15(3)11-13)23-18-5-4-17(24-25-18)20(26)22-12-16-6-8-21-9-7-16/h4-11H,12H2,1-3H3,(H,22,26)(H,23,25). The first-order valence-corrected chi connectivity index (χ1v) is 8.38. The molecule has 6 nitrogen and oxygen atoms in total. The topological polar surface area (TPSA) is 79.8 Å². The van der Waals surface area contributed by atoms with Crippen LogP contribution in [0.25, 0.3) is 0 Å². The highest BCUT2D eigenvalue weighted by Crippen LogP contribution is 2.24. The summed E-state index contributed by atoms with van der Waals surface area (Å²) in [4.78, 5) is 16.1. The van der Waals surface area contributed by atoms with Gasteiger partial charge >= 0.3 is 0 Å². The molecule has 3 rings (SSSR count). The summed E-state index contributed by atoms with van der Waals surface area (Å²) in [6.45, 7) is 6.60. The highest BCUT2D eigenvalue weighted by atomic mass is 16.1. The highest BCUT2D eigenvalue weighted by Gasteiger charge is 2.09. The van der Waals surface area contributed by atoms with E-state index in [0.717, 1.165) is 22.4 Å². The Morgan fingerprint density at radius 3 is 2.27 bits per heavy atom. The van der Waals surface area contributed by atoms with Crippen molar-refractivity contribution in [2.45, 2.75) is 27.3 Å². The van der Waals surface area contributed by atoms with E-state index in [2.05, 4.69) is 58.7 Å². The minimum Gasteiger partial charge on any atom is -0.347 e. The molecule has 132 valence electrons. The number of benzene rings is 1. The number of hydrogen-bond acceptors (Lipinski definition) is 5. The SMILES string of the molecule is Cc1cc(C)c(Nc2ccc(C(=O)NCc3ccncc3)nn2)c(C)c1. The molecule has 0 radical (unpaired) electrons. The van der Waals surface area contributed by atoms with E-state index >= 15 is 0 Å². The maximum Gasteiger partial charge on any atom is 0.272 e. The summed E-state index contributed by atoms with van der Waals surface area (Å²) in [5.74, 6) is 0.342. The van der Waals surface area contributed by atoms with Crippen molar-refractivity contribution in [3.05, 3.63) is 76.7 Å². The fourth-order valence-corrected chi connectivity index (χ4v) is 2.80. The first-order chi connectivity index (χ1) is 12.5. The number of pyridine rings is 1. The van der Waals surface area contributed by atoms with Crippen molar-refractivity contribution in [3.63, 3.8) is 0 Å². The van der Waals surface area contributed by atoms with Crippen LogP contribution in [0.3, 0.4) is 0 Å². The van der Waals surface area contributed by atoms with Gasteiger partial charge in [0, 0.05) is 24.6 Å². The lowest BCUT2D eigenvalue weighted by Gasteiger charge is -2.13. The van der Waals surface area contributed by atoms with E-state index in [0.29, 0.717) is 12.4 Å². The van der Waals surface area contributed by atoms with Gasteiger partial charge in [0.2, 0.25) is 0 Å². The maximum atomic E-state index is 12.2. The molecule has 0 spiro atoms. The third-order valence-electron chi connectivity index (χ3n) is 4.03. The normalized spacial score (nSPS) is 10.4. The highest BCUT2D eigenvalue weighted by molar-refractivity contribution is 5.92. The third kappa shape index (κ3) is 4.22. The monoisotopic (exact) mass is 347 g/mol. The molecule has 0 bridgehead atoms. The Morgan fingerprint density at radius 2 is 1.65 bits per heavy atom. The second-order valence-corrected chi connectivity index (χ2v) is 6.24. The zero-order chi connectivity index (χ0) is 18.5. The molecule has 2 aromatic heterocycles. The van der Waals surface area contributed by atoms with Crippen molar-refractivity contribution >= 4 is 17.4 Å². The van der Waals surface area contributed by atoms with E-state index in [4.69, 9.17) is 0 Å². The van der Waals surface area contributed by atoms with Crippen LogP contribution in [0.4, 0.5) is 11.5 Å². The number of anilines is 2. The largest absolute Gasteiger partial charge is 0.347 e. The van der Waals surface area contributed by atoms with Crippen LogP contribution in [0.2, 0.25) is 0 Å². The number of carbonyl (C=O) groups is 1. The van der Waals surface area contributed by atoms with Crippen molar-refractivity contribution in [1.82, 2.24) is 20.5 Å². The average molecular weight is 347 g/mol. The summed E-state index contributed by atoms with van der Waals surface area (Å²) in [5, 5.41) is 14.2. The predicted octanol–water partition coefficient (Wildman–Crippen LogP) is 3.47. The minimum absolute atomic E-state index is 0.261. The van der Waals surface area contributed by atoms with Crippen LogP contribution in [0.5, 0.6) is 0 Å². The van der Waals surface area contributed by atoms with Gasteiger partial charge in [-0.1, -0.05) is 17.7 Å². The average Bonchev–Trinajstić information content (AvgIpc) is 2.64. The van der Waals surface area contributed by atoms with E-state index in [1.54, 1.807) is 24.5 Å². The van der Waals surface area contributed by atoms with Gasteiger partial charge in [0.1, 0.15) is 0 Å². The van der Waals surface area contributed by atoms with Gasteiger partial charge in [-0.25, -0.2) is 0 Å². The Kier molecular flexibility index (Phi) is 5.22. The third-order valence-corrected chi connectivity index (χ3v) is 4.03. The molecule has 0 atom stereocenters. The molecule has 0 unspecified atom stereocenters. The van der Waals surface area contributed by atoms with Crippen LogP contribution in [-0.2, 0) is 6.54 Å². The number of aryl methyl sites for hydroxylation is 3. The molecule has 0 saturated heterocycles. The number of carbonyl (C=O) groups excluding carboxylic acids is 1. The van der Waals surface area contributed by atoms with Crippen LogP contribution >= 0.6 is 0 Å². The molecule has 0 saturated carbocycles. The van der Waals surface area contributed by atoms with Crippen LogP contribution in [0, 0.1) is 20.8 Å². The maximum absolute atomic E-state index is 12.2. The summed E-state index contributed by atoms with van der Waals surface area (Å²) in [6.07, 6.45) is 3.38. The number of aromatic nitrogens is 3. The number of nitrogens with one attached hydrogen (secondary N) is 2. The molecule has 2 N–H and O–H groups in total. The Balaban J connectivity index is 1.66. The van der Waals surface area contributed by atoms with E-state index in [9.17, 15) is 4.79 Å².